The van der Waals surface area contributed by atoms with Crippen molar-refractivity contribution in [3.63, 3.8) is 0 Å². The van der Waals surface area contributed by atoms with Crippen LogP contribution in [0.4, 0.5) is 0 Å². The van der Waals surface area contributed by atoms with Gasteiger partial charge in [-0.05, 0) is 69.4 Å². The Morgan fingerprint density at radius 1 is 1.26 bits per heavy atom. The van der Waals surface area contributed by atoms with E-state index in [1.165, 1.54) is 29.7 Å². The van der Waals surface area contributed by atoms with Crippen LogP contribution in [0.15, 0.2) is 29.3 Å². The lowest BCUT2D eigenvalue weighted by molar-refractivity contribution is -0.156. The summed E-state index contributed by atoms with van der Waals surface area (Å²) in [7, 11) is 0. The van der Waals surface area contributed by atoms with Crippen molar-refractivity contribution in [2.24, 2.45) is 21.7 Å². The van der Waals surface area contributed by atoms with Gasteiger partial charge in [0, 0.05) is 17.5 Å². The fraction of sp³-hybridized carbons (Fsp3) is 0.667. The highest BCUT2D eigenvalue weighted by molar-refractivity contribution is 5.96. The van der Waals surface area contributed by atoms with Crippen molar-refractivity contribution in [1.29, 1.82) is 0 Å². The molecular formula is C24H35NO2. The van der Waals surface area contributed by atoms with Crippen LogP contribution in [0.1, 0.15) is 71.9 Å². The third kappa shape index (κ3) is 3.70. The lowest BCUT2D eigenvalue weighted by Gasteiger charge is -2.35. The molecule has 2 bridgehead atoms. The smallest absolute Gasteiger partial charge is 0.331 e. The van der Waals surface area contributed by atoms with Crippen LogP contribution in [0.3, 0.4) is 0 Å². The number of hydrogen-bond donors (Lipinski definition) is 0. The van der Waals surface area contributed by atoms with Crippen LogP contribution in [-0.4, -0.2) is 23.3 Å². The maximum absolute atomic E-state index is 13.0. The summed E-state index contributed by atoms with van der Waals surface area (Å²) in [6.07, 6.45) is 4.08. The molecule has 27 heavy (non-hydrogen) atoms. The Morgan fingerprint density at radius 2 is 1.93 bits per heavy atom. The average molecular weight is 370 g/mol. The number of hydrogen-bond acceptors (Lipinski definition) is 3. The second kappa shape index (κ2) is 6.76. The summed E-state index contributed by atoms with van der Waals surface area (Å²) in [5.41, 5.74) is 3.46. The Balaban J connectivity index is 1.93. The number of benzene rings is 1. The van der Waals surface area contributed by atoms with Crippen molar-refractivity contribution < 1.29 is 9.53 Å². The van der Waals surface area contributed by atoms with Crippen molar-refractivity contribution >= 4 is 11.7 Å². The highest BCUT2D eigenvalue weighted by Gasteiger charge is 2.59. The van der Waals surface area contributed by atoms with E-state index in [1.54, 1.807) is 0 Å². The molecule has 3 rings (SSSR count). The molecule has 0 unspecified atom stereocenters. The van der Waals surface area contributed by atoms with Gasteiger partial charge in [-0.1, -0.05) is 45.0 Å². The molecule has 2 fully saturated rings. The van der Waals surface area contributed by atoms with Crippen molar-refractivity contribution in [3.8, 4) is 0 Å². The molecule has 0 aromatic heterocycles. The quantitative estimate of drug-likeness (QED) is 0.654. The third-order valence-electron chi connectivity index (χ3n) is 7.18. The minimum Gasteiger partial charge on any atom is -0.458 e. The first kappa shape index (κ1) is 20.1. The highest BCUT2D eigenvalue weighted by Crippen LogP contribution is 2.64. The largest absolute Gasteiger partial charge is 0.458 e. The molecule has 3 atom stereocenters. The molecule has 1 aromatic carbocycles. The van der Waals surface area contributed by atoms with E-state index in [9.17, 15) is 4.79 Å². The zero-order chi connectivity index (χ0) is 20.0. The highest BCUT2D eigenvalue weighted by atomic mass is 16.6. The van der Waals surface area contributed by atoms with E-state index in [4.69, 9.17) is 9.73 Å². The molecule has 3 nitrogen and oxygen atoms in total. The van der Waals surface area contributed by atoms with Gasteiger partial charge in [0.25, 0.3) is 0 Å². The van der Waals surface area contributed by atoms with Gasteiger partial charge in [-0.15, -0.1) is 0 Å². The molecule has 148 valence electrons. The fourth-order valence-electron chi connectivity index (χ4n) is 4.91. The standard InChI is InChI=1S/C24H35NO2/c1-16-10-8-9-11-17(16)14-19(21(26)27-22(2,3)4)25-20-15-18-12-13-24(20,7)23(18,5)6/h8-11,18-19H,12-15H2,1-7H3/t18-,19+,24+/m1/s1. The van der Waals surface area contributed by atoms with Crippen LogP contribution in [0, 0.1) is 23.7 Å². The number of fused-ring (bicyclic) bond motifs is 2. The van der Waals surface area contributed by atoms with Gasteiger partial charge in [0.2, 0.25) is 0 Å². The van der Waals surface area contributed by atoms with Crippen LogP contribution in [0.5, 0.6) is 0 Å². The summed E-state index contributed by atoms with van der Waals surface area (Å²) >= 11 is 0. The molecule has 3 heteroatoms. The molecule has 2 aliphatic rings. The van der Waals surface area contributed by atoms with Crippen LogP contribution in [-0.2, 0) is 16.0 Å². The molecule has 0 N–H and O–H groups in total. The normalized spacial score (nSPS) is 29.1. The van der Waals surface area contributed by atoms with E-state index in [2.05, 4.69) is 39.8 Å². The van der Waals surface area contributed by atoms with Crippen LogP contribution in [0.25, 0.3) is 0 Å². The second-order valence-electron chi connectivity index (χ2n) is 10.2. The molecule has 0 heterocycles. The number of nitrogens with zero attached hydrogens (tertiary/aromatic N) is 1. The number of aliphatic imine (C=N–C) groups is 1. The Morgan fingerprint density at radius 3 is 2.44 bits per heavy atom. The molecule has 0 aliphatic heterocycles. The summed E-state index contributed by atoms with van der Waals surface area (Å²) in [4.78, 5) is 18.1. The number of ether oxygens (including phenoxy) is 1. The maximum Gasteiger partial charge on any atom is 0.331 e. The van der Waals surface area contributed by atoms with Gasteiger partial charge in [0.05, 0.1) is 0 Å². The molecule has 1 aromatic rings. The molecule has 0 radical (unpaired) electrons. The van der Waals surface area contributed by atoms with E-state index in [-0.39, 0.29) is 16.8 Å². The number of carbonyl (C=O) groups is 1. The lowest BCUT2D eigenvalue weighted by atomic mass is 9.70. The van der Waals surface area contributed by atoms with Gasteiger partial charge in [-0.3, -0.25) is 4.99 Å². The van der Waals surface area contributed by atoms with E-state index < -0.39 is 11.6 Å². The van der Waals surface area contributed by atoms with Gasteiger partial charge in [-0.25, -0.2) is 4.79 Å². The summed E-state index contributed by atoms with van der Waals surface area (Å²) in [5, 5.41) is 0. The van der Waals surface area contributed by atoms with Crippen LogP contribution >= 0.6 is 0 Å². The molecular weight excluding hydrogens is 334 g/mol. The maximum atomic E-state index is 13.0. The van der Waals surface area contributed by atoms with Crippen molar-refractivity contribution in [1.82, 2.24) is 0 Å². The minimum atomic E-state index is -0.501. The van der Waals surface area contributed by atoms with Gasteiger partial charge in [0.15, 0.2) is 6.04 Å². The van der Waals surface area contributed by atoms with Gasteiger partial charge in [0.1, 0.15) is 5.60 Å². The molecule has 2 saturated carbocycles. The summed E-state index contributed by atoms with van der Waals surface area (Å²) in [6.45, 7) is 14.9. The van der Waals surface area contributed by atoms with Crippen molar-refractivity contribution in [2.45, 2.75) is 85.8 Å². The SMILES string of the molecule is Cc1ccccc1C[C@H](N=C1C[C@H]2CC[C@]1(C)C2(C)C)C(=O)OC(C)(C)C. The topological polar surface area (TPSA) is 38.7 Å². The predicted molar refractivity (Wildman–Crippen MR) is 111 cm³/mol. The first-order valence-corrected chi connectivity index (χ1v) is 10.3. The second-order valence-corrected chi connectivity index (χ2v) is 10.2. The Labute approximate surface area is 164 Å². The number of carbonyl (C=O) groups excluding carboxylic acids is 1. The molecule has 0 saturated heterocycles. The van der Waals surface area contributed by atoms with Gasteiger partial charge < -0.3 is 4.74 Å². The number of rotatable bonds is 4. The lowest BCUT2D eigenvalue weighted by Crippen LogP contribution is -2.36. The van der Waals surface area contributed by atoms with Gasteiger partial charge >= 0.3 is 5.97 Å². The van der Waals surface area contributed by atoms with Crippen molar-refractivity contribution in [2.75, 3.05) is 0 Å². The van der Waals surface area contributed by atoms with Crippen LogP contribution in [0.2, 0.25) is 0 Å². The first-order chi connectivity index (χ1) is 12.4. The Kier molecular flexibility index (Phi) is 5.03. The number of aryl methyl sites for hydroxylation is 1. The van der Waals surface area contributed by atoms with E-state index in [0.29, 0.717) is 12.3 Å². The van der Waals surface area contributed by atoms with Gasteiger partial charge in [-0.2, -0.15) is 0 Å². The fourth-order valence-corrected chi connectivity index (χ4v) is 4.91. The first-order valence-electron chi connectivity index (χ1n) is 10.3. The van der Waals surface area contributed by atoms with Crippen molar-refractivity contribution in [3.05, 3.63) is 35.4 Å². The zero-order valence-corrected chi connectivity index (χ0v) is 18.1. The summed E-state index contributed by atoms with van der Waals surface area (Å²) in [6, 6.07) is 7.79. The monoisotopic (exact) mass is 369 g/mol. The van der Waals surface area contributed by atoms with Crippen LogP contribution < -0.4 is 0 Å². The minimum absolute atomic E-state index is 0.101. The average Bonchev–Trinajstić information content (AvgIpc) is 2.88. The predicted octanol–water partition coefficient (Wildman–Crippen LogP) is 5.54. The molecule has 0 spiro atoms. The third-order valence-corrected chi connectivity index (χ3v) is 7.18. The Bertz CT molecular complexity index is 756. The summed E-state index contributed by atoms with van der Waals surface area (Å²) in [5.74, 6) is 0.474. The summed E-state index contributed by atoms with van der Waals surface area (Å²) < 4.78 is 5.74. The van der Waals surface area contributed by atoms with E-state index in [0.717, 1.165) is 6.42 Å². The zero-order valence-electron chi connectivity index (χ0n) is 18.1. The number of esters is 1. The molecule has 0 amide bonds. The van der Waals surface area contributed by atoms with E-state index >= 15 is 0 Å². The van der Waals surface area contributed by atoms with E-state index in [1.807, 2.05) is 32.9 Å². The Hall–Kier alpha value is -1.64. The molecule has 2 aliphatic carbocycles.